The van der Waals surface area contributed by atoms with Crippen LogP contribution in [0.5, 0.6) is 0 Å². The van der Waals surface area contributed by atoms with Gasteiger partial charge in [0.15, 0.2) is 0 Å². The molecular formula is C10H15N3. The molecule has 2 atom stereocenters. The lowest BCUT2D eigenvalue weighted by atomic mass is 9.58. The van der Waals surface area contributed by atoms with Gasteiger partial charge in [0.2, 0.25) is 0 Å². The van der Waals surface area contributed by atoms with Gasteiger partial charge in [-0.25, -0.2) is 0 Å². The van der Waals surface area contributed by atoms with Gasteiger partial charge in [-0.1, -0.05) is 13.8 Å². The lowest BCUT2D eigenvalue weighted by Gasteiger charge is -2.49. The van der Waals surface area contributed by atoms with E-state index in [1.165, 1.54) is 0 Å². The lowest BCUT2D eigenvalue weighted by Crippen LogP contribution is -2.53. The molecular weight excluding hydrogens is 162 g/mol. The third-order valence-electron chi connectivity index (χ3n) is 3.28. The lowest BCUT2D eigenvalue weighted by molar-refractivity contribution is 0.0951. The maximum absolute atomic E-state index is 5.94. The molecule has 0 aliphatic heterocycles. The highest BCUT2D eigenvalue weighted by molar-refractivity contribution is 5.17. The first-order valence-corrected chi connectivity index (χ1v) is 4.64. The fraction of sp³-hybridized carbons (Fsp3) is 0.600. The van der Waals surface area contributed by atoms with Crippen LogP contribution in [0.1, 0.15) is 31.9 Å². The molecule has 3 nitrogen and oxygen atoms in total. The average Bonchev–Trinajstić information content (AvgIpc) is 2.15. The van der Waals surface area contributed by atoms with Crippen LogP contribution in [0.3, 0.4) is 0 Å². The summed E-state index contributed by atoms with van der Waals surface area (Å²) in [5.74, 6) is 0.483. The summed E-state index contributed by atoms with van der Waals surface area (Å²) in [4.78, 5) is 8.39. The quantitative estimate of drug-likeness (QED) is 0.703. The van der Waals surface area contributed by atoms with Gasteiger partial charge in [-0.15, -0.1) is 0 Å². The molecule has 1 heterocycles. The number of nitrogens with zero attached hydrogens (tertiary/aromatic N) is 2. The van der Waals surface area contributed by atoms with Gasteiger partial charge in [-0.05, 0) is 11.8 Å². The molecule has 0 aromatic carbocycles. The minimum Gasteiger partial charge on any atom is -0.327 e. The predicted molar refractivity (Wildman–Crippen MR) is 51.1 cm³/mol. The molecule has 70 valence electrons. The van der Waals surface area contributed by atoms with Crippen LogP contribution in [0, 0.1) is 5.41 Å². The summed E-state index contributed by atoms with van der Waals surface area (Å²) < 4.78 is 0. The van der Waals surface area contributed by atoms with Gasteiger partial charge in [0, 0.05) is 30.6 Å². The Balaban J connectivity index is 2.22. The Labute approximate surface area is 78.4 Å². The van der Waals surface area contributed by atoms with Gasteiger partial charge in [0.1, 0.15) is 0 Å². The molecule has 1 aliphatic carbocycles. The van der Waals surface area contributed by atoms with Crippen LogP contribution in [0.15, 0.2) is 18.6 Å². The Hall–Kier alpha value is -0.960. The molecule has 13 heavy (non-hydrogen) atoms. The van der Waals surface area contributed by atoms with E-state index in [4.69, 9.17) is 5.73 Å². The van der Waals surface area contributed by atoms with Crippen molar-refractivity contribution in [2.75, 3.05) is 0 Å². The van der Waals surface area contributed by atoms with Crippen molar-refractivity contribution in [3.8, 4) is 0 Å². The summed E-state index contributed by atoms with van der Waals surface area (Å²) in [5.41, 5.74) is 7.19. The number of aromatic nitrogens is 2. The van der Waals surface area contributed by atoms with Gasteiger partial charge in [0.05, 0.1) is 5.69 Å². The third-order valence-corrected chi connectivity index (χ3v) is 3.28. The van der Waals surface area contributed by atoms with E-state index >= 15 is 0 Å². The molecule has 1 aromatic rings. The Kier molecular flexibility index (Phi) is 1.84. The highest BCUT2D eigenvalue weighted by Crippen LogP contribution is 2.50. The highest BCUT2D eigenvalue weighted by atomic mass is 14.8. The molecule has 1 aliphatic rings. The van der Waals surface area contributed by atoms with Crippen molar-refractivity contribution in [2.24, 2.45) is 11.1 Å². The van der Waals surface area contributed by atoms with Crippen molar-refractivity contribution >= 4 is 0 Å². The van der Waals surface area contributed by atoms with Crippen LogP contribution in [0.2, 0.25) is 0 Å². The SMILES string of the molecule is CC1(C)C(N)CC1c1cnccn1. The Bertz CT molecular complexity index is 294. The number of rotatable bonds is 1. The number of hydrogen-bond donors (Lipinski definition) is 1. The molecule has 2 rings (SSSR count). The summed E-state index contributed by atoms with van der Waals surface area (Å²) in [6.07, 6.45) is 6.33. The minimum absolute atomic E-state index is 0.177. The van der Waals surface area contributed by atoms with Crippen molar-refractivity contribution in [3.63, 3.8) is 0 Å². The largest absolute Gasteiger partial charge is 0.327 e. The summed E-state index contributed by atoms with van der Waals surface area (Å²) in [6, 6.07) is 0.305. The van der Waals surface area contributed by atoms with E-state index in [2.05, 4.69) is 23.8 Å². The van der Waals surface area contributed by atoms with Crippen LogP contribution in [-0.2, 0) is 0 Å². The standard InChI is InChI=1S/C10H15N3/c1-10(2)7(5-9(10)11)8-6-12-3-4-13-8/h3-4,6-7,9H,5,11H2,1-2H3. The van der Waals surface area contributed by atoms with Crippen molar-refractivity contribution in [1.82, 2.24) is 9.97 Å². The smallest absolute Gasteiger partial charge is 0.0624 e. The maximum atomic E-state index is 5.94. The second-order valence-electron chi connectivity index (χ2n) is 4.35. The molecule has 2 unspecified atom stereocenters. The monoisotopic (exact) mass is 177 g/mol. The predicted octanol–water partition coefficient (Wildman–Crippen LogP) is 1.32. The second-order valence-corrected chi connectivity index (χ2v) is 4.35. The van der Waals surface area contributed by atoms with E-state index in [1.807, 2.05) is 6.20 Å². The number of nitrogens with two attached hydrogens (primary N) is 1. The summed E-state index contributed by atoms with van der Waals surface area (Å²) in [7, 11) is 0. The van der Waals surface area contributed by atoms with Gasteiger partial charge < -0.3 is 5.73 Å². The van der Waals surface area contributed by atoms with Crippen molar-refractivity contribution < 1.29 is 0 Å². The van der Waals surface area contributed by atoms with Gasteiger partial charge in [0.25, 0.3) is 0 Å². The molecule has 1 saturated carbocycles. The zero-order valence-electron chi connectivity index (χ0n) is 8.07. The van der Waals surface area contributed by atoms with E-state index in [0.717, 1.165) is 12.1 Å². The maximum Gasteiger partial charge on any atom is 0.0624 e. The van der Waals surface area contributed by atoms with E-state index in [9.17, 15) is 0 Å². The van der Waals surface area contributed by atoms with Gasteiger partial charge in [-0.3, -0.25) is 9.97 Å². The normalized spacial score (nSPS) is 31.0. The van der Waals surface area contributed by atoms with Gasteiger partial charge >= 0.3 is 0 Å². The molecule has 0 amide bonds. The van der Waals surface area contributed by atoms with Crippen molar-refractivity contribution in [1.29, 1.82) is 0 Å². The van der Waals surface area contributed by atoms with Crippen LogP contribution >= 0.6 is 0 Å². The topological polar surface area (TPSA) is 51.8 Å². The van der Waals surface area contributed by atoms with Crippen LogP contribution in [0.4, 0.5) is 0 Å². The van der Waals surface area contributed by atoms with Crippen molar-refractivity contribution in [3.05, 3.63) is 24.3 Å². The molecule has 1 aromatic heterocycles. The second kappa shape index (κ2) is 2.77. The molecule has 0 saturated heterocycles. The van der Waals surface area contributed by atoms with Gasteiger partial charge in [-0.2, -0.15) is 0 Å². The number of hydrogen-bond acceptors (Lipinski definition) is 3. The first-order valence-electron chi connectivity index (χ1n) is 4.64. The molecule has 0 spiro atoms. The van der Waals surface area contributed by atoms with Crippen LogP contribution in [-0.4, -0.2) is 16.0 Å². The molecule has 0 bridgehead atoms. The minimum atomic E-state index is 0.177. The molecule has 3 heteroatoms. The van der Waals surface area contributed by atoms with Crippen LogP contribution in [0.25, 0.3) is 0 Å². The summed E-state index contributed by atoms with van der Waals surface area (Å²) >= 11 is 0. The van der Waals surface area contributed by atoms with Crippen molar-refractivity contribution in [2.45, 2.75) is 32.2 Å². The first-order chi connectivity index (χ1) is 6.12. The Morgan fingerprint density at radius 3 is 2.69 bits per heavy atom. The molecule has 1 fully saturated rings. The Morgan fingerprint density at radius 2 is 2.23 bits per heavy atom. The van der Waals surface area contributed by atoms with E-state index in [1.54, 1.807) is 12.4 Å². The first kappa shape index (κ1) is 8.63. The zero-order chi connectivity index (χ0) is 9.47. The summed E-state index contributed by atoms with van der Waals surface area (Å²) in [6.45, 7) is 4.39. The molecule has 0 radical (unpaired) electrons. The Morgan fingerprint density at radius 1 is 1.46 bits per heavy atom. The van der Waals surface area contributed by atoms with E-state index in [0.29, 0.717) is 12.0 Å². The fourth-order valence-electron chi connectivity index (χ4n) is 1.95. The third kappa shape index (κ3) is 1.23. The average molecular weight is 177 g/mol. The van der Waals surface area contributed by atoms with E-state index < -0.39 is 0 Å². The van der Waals surface area contributed by atoms with Crippen LogP contribution < -0.4 is 5.73 Å². The summed E-state index contributed by atoms with van der Waals surface area (Å²) in [5, 5.41) is 0. The fourth-order valence-corrected chi connectivity index (χ4v) is 1.95. The zero-order valence-corrected chi connectivity index (χ0v) is 8.07. The van der Waals surface area contributed by atoms with E-state index in [-0.39, 0.29) is 5.41 Å². The molecule has 2 N–H and O–H groups in total. The highest BCUT2D eigenvalue weighted by Gasteiger charge is 2.47.